The molecule has 35 heavy (non-hydrogen) atoms. The van der Waals surface area contributed by atoms with E-state index in [4.69, 9.17) is 0 Å². The molecule has 6 nitrogen and oxygen atoms in total. The van der Waals surface area contributed by atoms with Gasteiger partial charge in [-0.25, -0.2) is 13.1 Å². The van der Waals surface area contributed by atoms with Crippen LogP contribution >= 0.6 is 0 Å². The maximum Gasteiger partial charge on any atom is 0.241 e. The van der Waals surface area contributed by atoms with E-state index >= 15 is 0 Å². The van der Waals surface area contributed by atoms with E-state index in [2.05, 4.69) is 27.2 Å². The molecule has 0 fully saturated rings. The van der Waals surface area contributed by atoms with Gasteiger partial charge in [0.1, 0.15) is 0 Å². The number of nitrogens with zero attached hydrogens (tertiary/aromatic N) is 1. The molecule has 4 rings (SSSR count). The number of fused-ring (bicyclic) bond motifs is 1. The summed E-state index contributed by atoms with van der Waals surface area (Å²) in [6.45, 7) is 1.77. The average Bonchev–Trinajstić information content (AvgIpc) is 2.89. The molecule has 0 aliphatic heterocycles. The number of pyridine rings is 1. The van der Waals surface area contributed by atoms with Crippen molar-refractivity contribution in [1.29, 1.82) is 0 Å². The van der Waals surface area contributed by atoms with Crippen molar-refractivity contribution in [3.8, 4) is 11.1 Å². The van der Waals surface area contributed by atoms with Crippen LogP contribution in [0.25, 0.3) is 21.9 Å². The molecule has 0 saturated carbocycles. The molecule has 0 saturated heterocycles. The number of aliphatic hydroxyl groups is 1. The molecule has 0 aliphatic carbocycles. The minimum Gasteiger partial charge on any atom is -0.396 e. The van der Waals surface area contributed by atoms with E-state index in [-0.39, 0.29) is 11.5 Å². The SMILES string of the molecule is O=S(=O)(NCCNCCCc1ccccc1CCO)c1cc(-c2ccccc2)cc2cnccc12. The molecule has 0 bridgehead atoms. The highest BCUT2D eigenvalue weighted by Gasteiger charge is 2.18. The molecular formula is C28H31N3O3S. The number of hydrogen-bond acceptors (Lipinski definition) is 5. The van der Waals surface area contributed by atoms with Gasteiger partial charge in [-0.3, -0.25) is 4.98 Å². The number of sulfonamides is 1. The van der Waals surface area contributed by atoms with Gasteiger partial charge in [-0.05, 0) is 66.3 Å². The summed E-state index contributed by atoms with van der Waals surface area (Å²) in [5, 5.41) is 14.0. The number of benzene rings is 3. The van der Waals surface area contributed by atoms with Crippen molar-refractivity contribution in [1.82, 2.24) is 15.0 Å². The molecule has 0 atom stereocenters. The third kappa shape index (κ3) is 6.52. The van der Waals surface area contributed by atoms with Crippen molar-refractivity contribution in [3.05, 3.63) is 96.3 Å². The summed E-state index contributed by atoms with van der Waals surface area (Å²) in [7, 11) is -3.71. The van der Waals surface area contributed by atoms with Crippen molar-refractivity contribution >= 4 is 20.8 Å². The first-order valence-electron chi connectivity index (χ1n) is 11.9. The molecule has 1 heterocycles. The molecule has 182 valence electrons. The van der Waals surface area contributed by atoms with Crippen molar-refractivity contribution in [3.63, 3.8) is 0 Å². The topological polar surface area (TPSA) is 91.3 Å². The number of rotatable bonds is 12. The number of aliphatic hydroxyl groups excluding tert-OH is 1. The molecule has 0 radical (unpaired) electrons. The zero-order valence-electron chi connectivity index (χ0n) is 19.7. The third-order valence-electron chi connectivity index (χ3n) is 6.00. The van der Waals surface area contributed by atoms with E-state index in [1.165, 1.54) is 11.1 Å². The Kier molecular flexibility index (Phi) is 8.60. The largest absolute Gasteiger partial charge is 0.396 e. The van der Waals surface area contributed by atoms with Gasteiger partial charge >= 0.3 is 0 Å². The summed E-state index contributed by atoms with van der Waals surface area (Å²) in [5.74, 6) is 0. The Morgan fingerprint density at radius 3 is 2.31 bits per heavy atom. The highest BCUT2D eigenvalue weighted by molar-refractivity contribution is 7.89. The van der Waals surface area contributed by atoms with Gasteiger partial charge in [0.2, 0.25) is 10.0 Å². The first-order valence-corrected chi connectivity index (χ1v) is 13.4. The van der Waals surface area contributed by atoms with Gasteiger partial charge in [0.25, 0.3) is 0 Å². The van der Waals surface area contributed by atoms with Crippen LogP contribution in [0.5, 0.6) is 0 Å². The summed E-state index contributed by atoms with van der Waals surface area (Å²) in [5.41, 5.74) is 4.23. The van der Waals surface area contributed by atoms with Gasteiger partial charge in [0.05, 0.1) is 4.90 Å². The van der Waals surface area contributed by atoms with Gasteiger partial charge in [0.15, 0.2) is 0 Å². The normalized spacial score (nSPS) is 11.7. The van der Waals surface area contributed by atoms with Crippen LogP contribution in [-0.2, 0) is 22.9 Å². The van der Waals surface area contributed by atoms with Crippen molar-refractivity contribution < 1.29 is 13.5 Å². The number of nitrogens with one attached hydrogen (secondary N) is 2. The van der Waals surface area contributed by atoms with Crippen LogP contribution in [0.3, 0.4) is 0 Å². The molecule has 0 amide bonds. The van der Waals surface area contributed by atoms with Gasteiger partial charge in [-0.1, -0.05) is 54.6 Å². The van der Waals surface area contributed by atoms with Crippen LogP contribution in [0.15, 0.2) is 90.1 Å². The number of aromatic nitrogens is 1. The predicted octanol–water partition coefficient (Wildman–Crippen LogP) is 3.94. The molecule has 0 spiro atoms. The molecule has 4 aromatic rings. The van der Waals surface area contributed by atoms with Crippen molar-refractivity contribution in [2.75, 3.05) is 26.2 Å². The Morgan fingerprint density at radius 1 is 0.800 bits per heavy atom. The van der Waals surface area contributed by atoms with E-state index in [9.17, 15) is 13.5 Å². The summed E-state index contributed by atoms with van der Waals surface area (Å²) >= 11 is 0. The zero-order valence-corrected chi connectivity index (χ0v) is 20.5. The fraction of sp³-hybridized carbons (Fsp3) is 0.250. The molecule has 3 aromatic carbocycles. The fourth-order valence-electron chi connectivity index (χ4n) is 4.24. The van der Waals surface area contributed by atoms with Crippen LogP contribution in [0.4, 0.5) is 0 Å². The molecular weight excluding hydrogens is 458 g/mol. The maximum absolute atomic E-state index is 13.2. The quantitative estimate of drug-likeness (QED) is 0.262. The summed E-state index contributed by atoms with van der Waals surface area (Å²) in [6.07, 6.45) is 5.83. The monoisotopic (exact) mass is 489 g/mol. The molecule has 0 unspecified atom stereocenters. The summed E-state index contributed by atoms with van der Waals surface area (Å²) < 4.78 is 29.2. The van der Waals surface area contributed by atoms with Gasteiger partial charge < -0.3 is 10.4 Å². The summed E-state index contributed by atoms with van der Waals surface area (Å²) in [4.78, 5) is 4.44. The number of hydrogen-bond donors (Lipinski definition) is 3. The lowest BCUT2D eigenvalue weighted by Crippen LogP contribution is -2.32. The Hall–Kier alpha value is -3.10. The van der Waals surface area contributed by atoms with Crippen LogP contribution in [0, 0.1) is 0 Å². The lowest BCUT2D eigenvalue weighted by Gasteiger charge is -2.13. The fourth-order valence-corrected chi connectivity index (χ4v) is 5.52. The van der Waals surface area contributed by atoms with Crippen LogP contribution in [-0.4, -0.2) is 44.7 Å². The Morgan fingerprint density at radius 2 is 1.54 bits per heavy atom. The minimum atomic E-state index is -3.71. The smallest absolute Gasteiger partial charge is 0.241 e. The molecule has 0 aliphatic rings. The number of aryl methyl sites for hydroxylation is 1. The van der Waals surface area contributed by atoms with Crippen molar-refractivity contribution in [2.45, 2.75) is 24.2 Å². The highest BCUT2D eigenvalue weighted by atomic mass is 32.2. The van der Waals surface area contributed by atoms with E-state index in [1.54, 1.807) is 24.5 Å². The third-order valence-corrected chi connectivity index (χ3v) is 7.51. The predicted molar refractivity (Wildman–Crippen MR) is 141 cm³/mol. The first-order chi connectivity index (χ1) is 17.1. The van der Waals surface area contributed by atoms with Gasteiger partial charge in [-0.15, -0.1) is 0 Å². The Labute approximate surface area is 207 Å². The Balaban J connectivity index is 1.35. The first kappa shape index (κ1) is 25.0. The second-order valence-corrected chi connectivity index (χ2v) is 10.2. The van der Waals surface area contributed by atoms with Crippen LogP contribution in [0.1, 0.15) is 17.5 Å². The van der Waals surface area contributed by atoms with E-state index in [0.717, 1.165) is 35.9 Å². The maximum atomic E-state index is 13.2. The van der Waals surface area contributed by atoms with E-state index < -0.39 is 10.0 Å². The van der Waals surface area contributed by atoms with E-state index in [0.29, 0.717) is 24.9 Å². The second-order valence-electron chi connectivity index (χ2n) is 8.43. The molecule has 7 heteroatoms. The highest BCUT2D eigenvalue weighted by Crippen LogP contribution is 2.30. The molecule has 3 N–H and O–H groups in total. The van der Waals surface area contributed by atoms with E-state index in [1.807, 2.05) is 48.5 Å². The lowest BCUT2D eigenvalue weighted by molar-refractivity contribution is 0.299. The minimum absolute atomic E-state index is 0.148. The lowest BCUT2D eigenvalue weighted by atomic mass is 10.0. The van der Waals surface area contributed by atoms with Crippen LogP contribution < -0.4 is 10.0 Å². The zero-order chi connectivity index (χ0) is 24.5. The standard InChI is InChI=1S/C28H31N3O3S/c32-18-13-24-10-5-4-9-22(24)11-6-14-29-16-17-31-35(33,34)28-20-25(23-7-2-1-3-8-23)19-26-21-30-15-12-27(26)28/h1-5,7-10,12,15,19-21,29,31-32H,6,11,13-14,16-18H2. The van der Waals surface area contributed by atoms with Gasteiger partial charge in [0, 0.05) is 42.9 Å². The second kappa shape index (κ2) is 12.0. The van der Waals surface area contributed by atoms with Crippen LogP contribution in [0.2, 0.25) is 0 Å². The Bertz CT molecular complexity index is 1360. The van der Waals surface area contributed by atoms with Gasteiger partial charge in [-0.2, -0.15) is 0 Å². The van der Waals surface area contributed by atoms with Crippen molar-refractivity contribution in [2.24, 2.45) is 0 Å². The average molecular weight is 490 g/mol. The summed E-state index contributed by atoms with van der Waals surface area (Å²) in [6, 6.07) is 23.4. The molecule has 1 aromatic heterocycles.